The van der Waals surface area contributed by atoms with Gasteiger partial charge in [-0.25, -0.2) is 0 Å². The molecule has 0 bridgehead atoms. The molecule has 1 saturated heterocycles. The van der Waals surface area contributed by atoms with Gasteiger partial charge in [-0.1, -0.05) is 13.8 Å². The van der Waals surface area contributed by atoms with Crippen molar-refractivity contribution in [2.75, 3.05) is 20.1 Å². The summed E-state index contributed by atoms with van der Waals surface area (Å²) in [5.74, 6) is -1.83. The van der Waals surface area contributed by atoms with Crippen LogP contribution in [0.4, 0.5) is 0 Å². The van der Waals surface area contributed by atoms with Gasteiger partial charge in [0.05, 0.1) is 11.8 Å². The van der Waals surface area contributed by atoms with E-state index in [4.69, 9.17) is 5.11 Å². The first-order chi connectivity index (χ1) is 8.81. The SMILES string of the molecule is CC(C)CC(CNC(=O)C1CC(=O)N(C)C1)C(=O)O. The maximum absolute atomic E-state index is 11.9. The van der Waals surface area contributed by atoms with Crippen LogP contribution < -0.4 is 5.32 Å². The lowest BCUT2D eigenvalue weighted by atomic mass is 9.97. The van der Waals surface area contributed by atoms with Crippen LogP contribution in [0.1, 0.15) is 26.7 Å². The Morgan fingerprint density at radius 3 is 2.53 bits per heavy atom. The number of aliphatic carboxylic acids is 1. The normalized spacial score (nSPS) is 20.7. The molecule has 0 aromatic carbocycles. The smallest absolute Gasteiger partial charge is 0.308 e. The molecule has 0 saturated carbocycles. The van der Waals surface area contributed by atoms with Gasteiger partial charge in [-0.2, -0.15) is 0 Å². The standard InChI is InChI=1S/C13H22N2O4/c1-8(2)4-9(13(18)19)6-14-12(17)10-5-11(16)15(3)7-10/h8-10H,4-7H2,1-3H3,(H,14,17)(H,18,19). The topological polar surface area (TPSA) is 86.7 Å². The molecule has 1 aliphatic rings. The minimum absolute atomic E-state index is 0.0443. The van der Waals surface area contributed by atoms with Crippen molar-refractivity contribution in [2.45, 2.75) is 26.7 Å². The largest absolute Gasteiger partial charge is 0.481 e. The van der Waals surface area contributed by atoms with E-state index in [9.17, 15) is 14.4 Å². The molecule has 0 radical (unpaired) electrons. The monoisotopic (exact) mass is 270 g/mol. The average molecular weight is 270 g/mol. The Bertz CT molecular complexity index is 368. The molecule has 19 heavy (non-hydrogen) atoms. The summed E-state index contributed by atoms with van der Waals surface area (Å²) in [6.07, 6.45) is 0.739. The van der Waals surface area contributed by atoms with Gasteiger partial charge in [-0.3, -0.25) is 14.4 Å². The molecule has 0 spiro atoms. The highest BCUT2D eigenvalue weighted by Gasteiger charge is 2.32. The zero-order chi connectivity index (χ0) is 14.6. The Morgan fingerprint density at radius 2 is 2.11 bits per heavy atom. The fourth-order valence-corrected chi connectivity index (χ4v) is 2.25. The van der Waals surface area contributed by atoms with Crippen LogP contribution in [-0.2, 0) is 14.4 Å². The number of carbonyl (C=O) groups excluding carboxylic acids is 2. The van der Waals surface area contributed by atoms with E-state index in [2.05, 4.69) is 5.32 Å². The van der Waals surface area contributed by atoms with Gasteiger partial charge in [-0.05, 0) is 12.3 Å². The molecular formula is C13H22N2O4. The van der Waals surface area contributed by atoms with Gasteiger partial charge in [0.2, 0.25) is 11.8 Å². The molecule has 1 fully saturated rings. The highest BCUT2D eigenvalue weighted by atomic mass is 16.4. The Hall–Kier alpha value is -1.59. The number of carboxylic acids is 1. The first-order valence-electron chi connectivity index (χ1n) is 6.55. The number of carboxylic acid groups (broad SMARTS) is 1. The summed E-state index contributed by atoms with van der Waals surface area (Å²) >= 11 is 0. The lowest BCUT2D eigenvalue weighted by Crippen LogP contribution is -2.38. The minimum atomic E-state index is -0.895. The number of carbonyl (C=O) groups is 3. The highest BCUT2D eigenvalue weighted by molar-refractivity contribution is 5.89. The maximum atomic E-state index is 11.9. The van der Waals surface area contributed by atoms with Gasteiger partial charge in [0, 0.05) is 26.6 Å². The van der Waals surface area contributed by atoms with E-state index in [1.807, 2.05) is 13.8 Å². The summed E-state index contributed by atoms with van der Waals surface area (Å²) in [5, 5.41) is 11.7. The molecule has 6 heteroatoms. The second kappa shape index (κ2) is 6.54. The van der Waals surface area contributed by atoms with Gasteiger partial charge in [0.1, 0.15) is 0 Å². The zero-order valence-corrected chi connectivity index (χ0v) is 11.7. The van der Waals surface area contributed by atoms with E-state index < -0.39 is 11.9 Å². The molecule has 0 aromatic rings. The Balaban J connectivity index is 2.44. The van der Waals surface area contributed by atoms with E-state index in [1.165, 1.54) is 4.90 Å². The van der Waals surface area contributed by atoms with Crippen molar-refractivity contribution in [3.8, 4) is 0 Å². The number of nitrogens with one attached hydrogen (secondary N) is 1. The van der Waals surface area contributed by atoms with Crippen molar-refractivity contribution in [3.63, 3.8) is 0 Å². The second-order valence-electron chi connectivity index (χ2n) is 5.59. The molecule has 0 aliphatic carbocycles. The fourth-order valence-electron chi connectivity index (χ4n) is 2.25. The zero-order valence-electron chi connectivity index (χ0n) is 11.7. The summed E-state index contributed by atoms with van der Waals surface area (Å²) in [5.41, 5.74) is 0. The van der Waals surface area contributed by atoms with Crippen LogP contribution in [0, 0.1) is 17.8 Å². The van der Waals surface area contributed by atoms with Crippen LogP contribution in [0.2, 0.25) is 0 Å². The van der Waals surface area contributed by atoms with Crippen molar-refractivity contribution in [1.29, 1.82) is 0 Å². The van der Waals surface area contributed by atoms with Crippen molar-refractivity contribution in [1.82, 2.24) is 10.2 Å². The van der Waals surface area contributed by atoms with E-state index in [-0.39, 0.29) is 36.6 Å². The number of hydrogen-bond donors (Lipinski definition) is 2. The van der Waals surface area contributed by atoms with Crippen molar-refractivity contribution >= 4 is 17.8 Å². The highest BCUT2D eigenvalue weighted by Crippen LogP contribution is 2.16. The summed E-state index contributed by atoms with van der Waals surface area (Å²) in [6.45, 7) is 4.43. The van der Waals surface area contributed by atoms with E-state index >= 15 is 0 Å². The predicted molar refractivity (Wildman–Crippen MR) is 69.3 cm³/mol. The molecule has 2 amide bonds. The lowest BCUT2D eigenvalue weighted by molar-refractivity contribution is -0.142. The third kappa shape index (κ3) is 4.54. The van der Waals surface area contributed by atoms with Gasteiger partial charge in [-0.15, -0.1) is 0 Å². The van der Waals surface area contributed by atoms with Gasteiger partial charge in [0.25, 0.3) is 0 Å². The lowest BCUT2D eigenvalue weighted by Gasteiger charge is -2.17. The average Bonchev–Trinajstić information content (AvgIpc) is 2.64. The Kier molecular flexibility index (Phi) is 5.32. The summed E-state index contributed by atoms with van der Waals surface area (Å²) in [7, 11) is 1.66. The molecule has 2 unspecified atom stereocenters. The molecule has 1 aliphatic heterocycles. The first-order valence-corrected chi connectivity index (χ1v) is 6.55. The third-order valence-electron chi connectivity index (χ3n) is 3.34. The minimum Gasteiger partial charge on any atom is -0.481 e. The van der Waals surface area contributed by atoms with Crippen LogP contribution in [-0.4, -0.2) is 47.9 Å². The van der Waals surface area contributed by atoms with Gasteiger partial charge in [0.15, 0.2) is 0 Å². The predicted octanol–water partition coefficient (Wildman–Crippen LogP) is 0.328. The van der Waals surface area contributed by atoms with Crippen molar-refractivity contribution < 1.29 is 19.5 Å². The van der Waals surface area contributed by atoms with E-state index in [1.54, 1.807) is 7.05 Å². The van der Waals surface area contributed by atoms with Crippen LogP contribution >= 0.6 is 0 Å². The summed E-state index contributed by atoms with van der Waals surface area (Å²) in [6, 6.07) is 0. The number of hydrogen-bond acceptors (Lipinski definition) is 3. The van der Waals surface area contributed by atoms with Crippen molar-refractivity contribution in [2.24, 2.45) is 17.8 Å². The third-order valence-corrected chi connectivity index (χ3v) is 3.34. The number of amides is 2. The molecular weight excluding hydrogens is 248 g/mol. The fraction of sp³-hybridized carbons (Fsp3) is 0.769. The van der Waals surface area contributed by atoms with Crippen LogP contribution in [0.3, 0.4) is 0 Å². The molecule has 108 valence electrons. The van der Waals surface area contributed by atoms with Crippen LogP contribution in [0.5, 0.6) is 0 Å². The maximum Gasteiger partial charge on any atom is 0.308 e. The molecule has 2 N–H and O–H groups in total. The number of likely N-dealkylation sites (tertiary alicyclic amines) is 1. The van der Waals surface area contributed by atoms with E-state index in [0.29, 0.717) is 13.0 Å². The molecule has 1 rings (SSSR count). The number of nitrogens with zero attached hydrogens (tertiary/aromatic N) is 1. The van der Waals surface area contributed by atoms with Crippen molar-refractivity contribution in [3.05, 3.63) is 0 Å². The van der Waals surface area contributed by atoms with E-state index in [0.717, 1.165) is 0 Å². The van der Waals surface area contributed by atoms with Gasteiger partial charge >= 0.3 is 5.97 Å². The van der Waals surface area contributed by atoms with Crippen LogP contribution in [0.25, 0.3) is 0 Å². The molecule has 0 aromatic heterocycles. The number of rotatable bonds is 6. The summed E-state index contributed by atoms with van der Waals surface area (Å²) in [4.78, 5) is 35.8. The first kappa shape index (κ1) is 15.5. The van der Waals surface area contributed by atoms with Crippen LogP contribution in [0.15, 0.2) is 0 Å². The Morgan fingerprint density at radius 1 is 1.47 bits per heavy atom. The van der Waals surface area contributed by atoms with Gasteiger partial charge < -0.3 is 15.3 Å². The quantitative estimate of drug-likeness (QED) is 0.728. The molecule has 6 nitrogen and oxygen atoms in total. The second-order valence-corrected chi connectivity index (χ2v) is 5.59. The summed E-state index contributed by atoms with van der Waals surface area (Å²) < 4.78 is 0. The molecule has 2 atom stereocenters. The molecule has 1 heterocycles. The Labute approximate surface area is 113 Å².